The highest BCUT2D eigenvalue weighted by Crippen LogP contribution is 2.32. The van der Waals surface area contributed by atoms with Crippen molar-refractivity contribution in [2.24, 2.45) is 0 Å². The molecule has 0 aliphatic heterocycles. The van der Waals surface area contributed by atoms with Crippen molar-refractivity contribution in [2.45, 2.75) is 38.8 Å². The molecule has 184 valence electrons. The van der Waals surface area contributed by atoms with Crippen molar-refractivity contribution in [1.29, 1.82) is 0 Å². The van der Waals surface area contributed by atoms with Crippen molar-refractivity contribution in [3.05, 3.63) is 81.2 Å². The van der Waals surface area contributed by atoms with Crippen LogP contribution < -0.4 is 15.4 Å². The highest BCUT2D eigenvalue weighted by Gasteiger charge is 2.25. The fraction of sp³-hybridized carbons (Fsp3) is 0.259. The SMILES string of the molecule is COc1ccc(NC(=O)C(Cc2cc(Br)cc(Br)c2)NC(=O)OC(C)(C)C)cc1-c1ccccc1. The predicted octanol–water partition coefficient (Wildman–Crippen LogP) is 6.96. The lowest BCUT2D eigenvalue weighted by molar-refractivity contribution is -0.118. The van der Waals surface area contributed by atoms with Gasteiger partial charge in [-0.15, -0.1) is 0 Å². The first-order valence-electron chi connectivity index (χ1n) is 11.0. The highest BCUT2D eigenvalue weighted by atomic mass is 79.9. The number of methoxy groups -OCH3 is 1. The Morgan fingerprint density at radius 3 is 2.20 bits per heavy atom. The van der Waals surface area contributed by atoms with Gasteiger partial charge in [0, 0.05) is 26.6 Å². The van der Waals surface area contributed by atoms with Crippen LogP contribution in [0.4, 0.5) is 10.5 Å². The monoisotopic (exact) mass is 602 g/mol. The molecule has 3 aromatic rings. The first-order valence-corrected chi connectivity index (χ1v) is 12.6. The van der Waals surface area contributed by atoms with Crippen LogP contribution in [-0.4, -0.2) is 30.8 Å². The van der Waals surface area contributed by atoms with E-state index >= 15 is 0 Å². The molecule has 0 bridgehead atoms. The molecule has 2 N–H and O–H groups in total. The Labute approximate surface area is 222 Å². The number of hydrogen-bond donors (Lipinski definition) is 2. The molecule has 0 radical (unpaired) electrons. The number of anilines is 1. The van der Waals surface area contributed by atoms with Gasteiger partial charge in [0.05, 0.1) is 7.11 Å². The topological polar surface area (TPSA) is 76.7 Å². The zero-order chi connectivity index (χ0) is 25.6. The molecule has 2 amide bonds. The molecular weight excluding hydrogens is 576 g/mol. The van der Waals surface area contributed by atoms with Crippen molar-refractivity contribution < 1.29 is 19.1 Å². The maximum absolute atomic E-state index is 13.4. The van der Waals surface area contributed by atoms with Crippen molar-refractivity contribution >= 4 is 49.5 Å². The lowest BCUT2D eigenvalue weighted by Gasteiger charge is -2.23. The zero-order valence-electron chi connectivity index (χ0n) is 20.0. The van der Waals surface area contributed by atoms with Gasteiger partial charge in [-0.3, -0.25) is 4.79 Å². The maximum atomic E-state index is 13.4. The molecule has 3 aromatic carbocycles. The van der Waals surface area contributed by atoms with Crippen molar-refractivity contribution in [3.8, 4) is 16.9 Å². The maximum Gasteiger partial charge on any atom is 0.408 e. The van der Waals surface area contributed by atoms with Crippen molar-refractivity contribution in [2.75, 3.05) is 12.4 Å². The van der Waals surface area contributed by atoms with Crippen molar-refractivity contribution in [1.82, 2.24) is 5.32 Å². The number of nitrogens with one attached hydrogen (secondary N) is 2. The van der Waals surface area contributed by atoms with Crippen LogP contribution in [0.2, 0.25) is 0 Å². The van der Waals surface area contributed by atoms with Crippen LogP contribution in [0.15, 0.2) is 75.7 Å². The molecule has 1 atom stereocenters. The number of carbonyl (C=O) groups is 2. The zero-order valence-corrected chi connectivity index (χ0v) is 23.2. The smallest absolute Gasteiger partial charge is 0.408 e. The molecule has 8 heteroatoms. The second-order valence-corrected chi connectivity index (χ2v) is 10.8. The van der Waals surface area contributed by atoms with Gasteiger partial charge in [0.15, 0.2) is 0 Å². The fourth-order valence-electron chi connectivity index (χ4n) is 3.48. The molecule has 0 saturated heterocycles. The number of hydrogen-bond acceptors (Lipinski definition) is 4. The van der Waals surface area contributed by atoms with E-state index in [2.05, 4.69) is 42.5 Å². The first-order chi connectivity index (χ1) is 16.5. The van der Waals surface area contributed by atoms with E-state index in [1.54, 1.807) is 40.0 Å². The Balaban J connectivity index is 1.87. The van der Waals surface area contributed by atoms with Gasteiger partial charge in [-0.1, -0.05) is 62.2 Å². The Kier molecular flexibility index (Phi) is 8.97. The standard InChI is InChI=1S/C27H28Br2N2O4/c1-27(2,3)35-26(33)31-23(14-17-12-19(28)15-20(29)13-17)25(32)30-21-10-11-24(34-4)22(16-21)18-8-6-5-7-9-18/h5-13,15-16,23H,14H2,1-4H3,(H,30,32)(H,31,33). The van der Waals surface area contributed by atoms with Crippen molar-refractivity contribution in [3.63, 3.8) is 0 Å². The molecule has 3 rings (SSSR count). The lowest BCUT2D eigenvalue weighted by atomic mass is 10.0. The average Bonchev–Trinajstić information content (AvgIpc) is 2.77. The number of benzene rings is 3. The molecule has 0 aliphatic carbocycles. The average molecular weight is 604 g/mol. The molecule has 0 aromatic heterocycles. The number of halogens is 2. The molecule has 0 heterocycles. The van der Waals surface area contributed by atoms with Crippen LogP contribution in [0.1, 0.15) is 26.3 Å². The number of ether oxygens (including phenoxy) is 2. The normalized spacial score (nSPS) is 11.9. The third kappa shape index (κ3) is 8.11. The van der Waals surface area contributed by atoms with Crippen LogP contribution in [0.25, 0.3) is 11.1 Å². The van der Waals surface area contributed by atoms with Crippen LogP contribution in [0.5, 0.6) is 5.75 Å². The summed E-state index contributed by atoms with van der Waals surface area (Å²) in [6.45, 7) is 5.32. The Bertz CT molecular complexity index is 1170. The van der Waals surface area contributed by atoms with Crippen LogP contribution in [0.3, 0.4) is 0 Å². The van der Waals surface area contributed by atoms with E-state index in [1.807, 2.05) is 54.6 Å². The van der Waals surface area contributed by atoms with Gasteiger partial charge >= 0.3 is 6.09 Å². The lowest BCUT2D eigenvalue weighted by Crippen LogP contribution is -2.47. The van der Waals surface area contributed by atoms with Gasteiger partial charge in [0.1, 0.15) is 17.4 Å². The van der Waals surface area contributed by atoms with Gasteiger partial charge in [-0.2, -0.15) is 0 Å². The molecule has 0 saturated carbocycles. The van der Waals surface area contributed by atoms with E-state index in [0.717, 1.165) is 25.6 Å². The minimum Gasteiger partial charge on any atom is -0.496 e. The summed E-state index contributed by atoms with van der Waals surface area (Å²) in [5.74, 6) is 0.327. The number of carbonyl (C=O) groups excluding carboxylic acids is 2. The molecule has 1 unspecified atom stereocenters. The van der Waals surface area contributed by atoms with E-state index in [-0.39, 0.29) is 12.3 Å². The minimum atomic E-state index is -0.867. The summed E-state index contributed by atoms with van der Waals surface area (Å²) >= 11 is 6.95. The van der Waals surface area contributed by atoms with Crippen LogP contribution in [-0.2, 0) is 16.0 Å². The number of amides is 2. The minimum absolute atomic E-state index is 0.269. The predicted molar refractivity (Wildman–Crippen MR) is 146 cm³/mol. The summed E-state index contributed by atoms with van der Waals surface area (Å²) in [5.41, 5.74) is 2.56. The third-order valence-corrected chi connectivity index (χ3v) is 5.84. The summed E-state index contributed by atoms with van der Waals surface area (Å²) in [7, 11) is 1.61. The Morgan fingerprint density at radius 2 is 1.60 bits per heavy atom. The molecule has 35 heavy (non-hydrogen) atoms. The van der Waals surface area contributed by atoms with E-state index in [4.69, 9.17) is 9.47 Å². The second-order valence-electron chi connectivity index (χ2n) is 8.95. The largest absolute Gasteiger partial charge is 0.496 e. The second kappa shape index (κ2) is 11.7. The van der Waals surface area contributed by atoms with Gasteiger partial charge in [-0.05, 0) is 68.3 Å². The summed E-state index contributed by atoms with van der Waals surface area (Å²) < 4.78 is 12.6. The van der Waals surface area contributed by atoms with Gasteiger partial charge in [0.25, 0.3) is 0 Å². The Morgan fingerprint density at radius 1 is 0.943 bits per heavy atom. The summed E-state index contributed by atoms with van der Waals surface area (Å²) in [6, 6.07) is 20.0. The van der Waals surface area contributed by atoms with Crippen LogP contribution >= 0.6 is 31.9 Å². The van der Waals surface area contributed by atoms with E-state index in [9.17, 15) is 9.59 Å². The molecule has 0 aliphatic rings. The van der Waals surface area contributed by atoms with Crippen LogP contribution in [0, 0.1) is 0 Å². The molecule has 0 spiro atoms. The van der Waals surface area contributed by atoms with Gasteiger partial charge < -0.3 is 20.1 Å². The third-order valence-electron chi connectivity index (χ3n) is 4.92. The summed E-state index contributed by atoms with van der Waals surface area (Å²) in [6.07, 6.45) is -0.392. The summed E-state index contributed by atoms with van der Waals surface area (Å²) in [4.78, 5) is 25.9. The van der Waals surface area contributed by atoms with E-state index in [0.29, 0.717) is 11.4 Å². The molecule has 0 fully saturated rings. The van der Waals surface area contributed by atoms with E-state index in [1.165, 1.54) is 0 Å². The molecule has 6 nitrogen and oxygen atoms in total. The fourth-order valence-corrected chi connectivity index (χ4v) is 4.87. The summed E-state index contributed by atoms with van der Waals surface area (Å²) in [5, 5.41) is 5.65. The Hall–Kier alpha value is -2.84. The van der Waals surface area contributed by atoms with Gasteiger partial charge in [0.2, 0.25) is 5.91 Å². The number of alkyl carbamates (subject to hydrolysis) is 1. The first kappa shape index (κ1) is 26.8. The van der Waals surface area contributed by atoms with E-state index < -0.39 is 17.7 Å². The number of rotatable bonds is 7. The molecular formula is C27H28Br2N2O4. The highest BCUT2D eigenvalue weighted by molar-refractivity contribution is 9.11. The van der Waals surface area contributed by atoms with Gasteiger partial charge in [-0.25, -0.2) is 4.79 Å². The quantitative estimate of drug-likeness (QED) is 0.306.